The molecule has 21 heavy (non-hydrogen) atoms. The lowest BCUT2D eigenvalue weighted by molar-refractivity contribution is -0.153. The third-order valence-corrected chi connectivity index (χ3v) is 4.16. The summed E-state index contributed by atoms with van der Waals surface area (Å²) in [7, 11) is 0. The van der Waals surface area contributed by atoms with E-state index in [1.165, 1.54) is 6.42 Å². The van der Waals surface area contributed by atoms with E-state index >= 15 is 0 Å². The molecule has 5 heteroatoms. The molecule has 5 nitrogen and oxygen atoms in total. The Morgan fingerprint density at radius 2 is 2.10 bits per heavy atom. The van der Waals surface area contributed by atoms with Gasteiger partial charge in [0.1, 0.15) is 0 Å². The predicted octanol–water partition coefficient (Wildman–Crippen LogP) is 2.43. The van der Waals surface area contributed by atoms with Crippen LogP contribution in [0.1, 0.15) is 39.5 Å². The second-order valence-electron chi connectivity index (χ2n) is 6.38. The number of rotatable bonds is 6. The molecule has 2 N–H and O–H groups in total. The molecule has 2 aliphatic rings. The van der Waals surface area contributed by atoms with Gasteiger partial charge in [0.05, 0.1) is 13.2 Å². The molecule has 1 aliphatic carbocycles. The lowest BCUT2D eigenvalue weighted by Gasteiger charge is -2.26. The van der Waals surface area contributed by atoms with E-state index in [0.29, 0.717) is 31.6 Å². The zero-order chi connectivity index (χ0) is 15.1. The average Bonchev–Trinajstić information content (AvgIpc) is 2.90. The van der Waals surface area contributed by atoms with Crippen molar-refractivity contribution in [1.29, 1.82) is 0 Å². The fourth-order valence-corrected chi connectivity index (χ4v) is 2.99. The molecule has 0 aromatic rings. The first-order chi connectivity index (χ1) is 10.1. The van der Waals surface area contributed by atoms with Crippen molar-refractivity contribution >= 4 is 6.03 Å². The monoisotopic (exact) mass is 296 g/mol. The summed E-state index contributed by atoms with van der Waals surface area (Å²) in [5.74, 6) is 0.417. The molecule has 1 aliphatic heterocycles. The van der Waals surface area contributed by atoms with E-state index in [0.717, 1.165) is 25.8 Å². The Balaban J connectivity index is 1.58. The predicted molar refractivity (Wildman–Crippen MR) is 82.0 cm³/mol. The summed E-state index contributed by atoms with van der Waals surface area (Å²) < 4.78 is 11.2. The molecule has 120 valence electrons. The zero-order valence-corrected chi connectivity index (χ0v) is 13.2. The number of hydrogen-bond acceptors (Lipinski definition) is 3. The smallest absolute Gasteiger partial charge is 0.314 e. The molecule has 0 bridgehead atoms. The van der Waals surface area contributed by atoms with Gasteiger partial charge in [-0.25, -0.2) is 4.79 Å². The van der Waals surface area contributed by atoms with Gasteiger partial charge in [-0.1, -0.05) is 19.1 Å². The van der Waals surface area contributed by atoms with Gasteiger partial charge < -0.3 is 20.1 Å². The van der Waals surface area contributed by atoms with Crippen LogP contribution < -0.4 is 10.6 Å². The van der Waals surface area contributed by atoms with Gasteiger partial charge in [-0.05, 0) is 38.0 Å². The molecule has 2 rings (SSSR count). The van der Waals surface area contributed by atoms with Crippen molar-refractivity contribution in [2.75, 3.05) is 26.3 Å². The largest absolute Gasteiger partial charge is 0.348 e. The maximum absolute atomic E-state index is 11.8. The molecule has 1 heterocycles. The van der Waals surface area contributed by atoms with Crippen molar-refractivity contribution in [2.45, 2.75) is 45.3 Å². The number of amides is 2. The fourth-order valence-electron chi connectivity index (χ4n) is 2.99. The van der Waals surface area contributed by atoms with Gasteiger partial charge in [-0.15, -0.1) is 0 Å². The zero-order valence-electron chi connectivity index (χ0n) is 13.2. The quantitative estimate of drug-likeness (QED) is 0.740. The molecule has 0 aromatic heterocycles. The van der Waals surface area contributed by atoms with Crippen LogP contribution in [0.15, 0.2) is 12.2 Å². The minimum Gasteiger partial charge on any atom is -0.348 e. The maximum Gasteiger partial charge on any atom is 0.314 e. The van der Waals surface area contributed by atoms with E-state index in [-0.39, 0.29) is 6.03 Å². The van der Waals surface area contributed by atoms with Gasteiger partial charge >= 0.3 is 6.03 Å². The molecule has 2 amide bonds. The number of hydrogen-bond donors (Lipinski definition) is 2. The Morgan fingerprint density at radius 1 is 1.33 bits per heavy atom. The van der Waals surface area contributed by atoms with Crippen molar-refractivity contribution in [2.24, 2.45) is 11.8 Å². The first kappa shape index (κ1) is 16.3. The van der Waals surface area contributed by atoms with Crippen molar-refractivity contribution in [3.05, 3.63) is 12.2 Å². The van der Waals surface area contributed by atoms with Crippen LogP contribution in [0.5, 0.6) is 0 Å². The molecule has 0 saturated carbocycles. The van der Waals surface area contributed by atoms with E-state index in [4.69, 9.17) is 9.47 Å². The molecule has 0 aromatic carbocycles. The van der Waals surface area contributed by atoms with Crippen molar-refractivity contribution in [1.82, 2.24) is 10.6 Å². The van der Waals surface area contributed by atoms with Crippen LogP contribution in [0.3, 0.4) is 0 Å². The van der Waals surface area contributed by atoms with Gasteiger partial charge in [-0.2, -0.15) is 0 Å². The highest BCUT2D eigenvalue weighted by atomic mass is 16.7. The molecule has 2 unspecified atom stereocenters. The summed E-state index contributed by atoms with van der Waals surface area (Å²) in [6.45, 7) is 6.78. The highest BCUT2D eigenvalue weighted by Crippen LogP contribution is 2.26. The molecule has 1 fully saturated rings. The van der Waals surface area contributed by atoms with Gasteiger partial charge in [-0.3, -0.25) is 0 Å². The number of carbonyl (C=O) groups excluding carboxylic acids is 1. The second kappa shape index (κ2) is 7.80. The van der Waals surface area contributed by atoms with Gasteiger partial charge in [0.15, 0.2) is 5.79 Å². The van der Waals surface area contributed by atoms with Crippen LogP contribution in [0, 0.1) is 11.8 Å². The van der Waals surface area contributed by atoms with E-state index in [1.807, 2.05) is 6.92 Å². The molecule has 0 spiro atoms. The third-order valence-electron chi connectivity index (χ3n) is 4.16. The van der Waals surface area contributed by atoms with Crippen LogP contribution in [-0.2, 0) is 9.47 Å². The van der Waals surface area contributed by atoms with Crippen LogP contribution in [0.25, 0.3) is 0 Å². The fraction of sp³-hybridized carbons (Fsp3) is 0.812. The molecular formula is C16H28N2O3. The second-order valence-corrected chi connectivity index (χ2v) is 6.38. The lowest BCUT2D eigenvalue weighted by atomic mass is 9.94. The summed E-state index contributed by atoms with van der Waals surface area (Å²) in [5, 5.41) is 5.90. The first-order valence-electron chi connectivity index (χ1n) is 8.02. The van der Waals surface area contributed by atoms with E-state index in [9.17, 15) is 4.79 Å². The number of allylic oxidation sites excluding steroid dienone is 2. The van der Waals surface area contributed by atoms with E-state index in [1.54, 1.807) is 0 Å². The molecule has 2 atom stereocenters. The summed E-state index contributed by atoms with van der Waals surface area (Å²) in [5.41, 5.74) is 0. The van der Waals surface area contributed by atoms with Crippen LogP contribution in [0.4, 0.5) is 4.79 Å². The summed E-state index contributed by atoms with van der Waals surface area (Å²) in [6.07, 6.45) is 8.58. The Hall–Kier alpha value is -1.07. The number of carbonyl (C=O) groups is 1. The summed E-state index contributed by atoms with van der Waals surface area (Å²) in [6, 6.07) is -0.0742. The number of urea groups is 1. The van der Waals surface area contributed by atoms with Crippen molar-refractivity contribution in [3.63, 3.8) is 0 Å². The molecule has 0 radical (unpaired) electrons. The van der Waals surface area contributed by atoms with Gasteiger partial charge in [0, 0.05) is 19.5 Å². The SMILES string of the molecule is CC(CNC(=O)NCC1CC=CCC1)CC1(C)OCCO1. The molecule has 1 saturated heterocycles. The van der Waals surface area contributed by atoms with Crippen LogP contribution in [0.2, 0.25) is 0 Å². The van der Waals surface area contributed by atoms with Gasteiger partial charge in [0.25, 0.3) is 0 Å². The minimum atomic E-state index is -0.480. The minimum absolute atomic E-state index is 0.0742. The average molecular weight is 296 g/mol. The standard InChI is InChI=1S/C16H28N2O3/c1-13(10-16(2)20-8-9-21-16)11-17-15(19)18-12-14-6-4-3-5-7-14/h3-4,13-14H,5-12H2,1-2H3,(H2,17,18,19). The summed E-state index contributed by atoms with van der Waals surface area (Å²) in [4.78, 5) is 11.8. The Morgan fingerprint density at radius 3 is 2.76 bits per heavy atom. The molecular weight excluding hydrogens is 268 g/mol. The third kappa shape index (κ3) is 5.67. The highest BCUT2D eigenvalue weighted by Gasteiger charge is 2.32. The van der Waals surface area contributed by atoms with Gasteiger partial charge in [0.2, 0.25) is 0 Å². The maximum atomic E-state index is 11.8. The topological polar surface area (TPSA) is 59.6 Å². The first-order valence-corrected chi connectivity index (χ1v) is 8.02. The van der Waals surface area contributed by atoms with E-state index < -0.39 is 5.79 Å². The van der Waals surface area contributed by atoms with E-state index in [2.05, 4.69) is 29.7 Å². The number of ether oxygens (including phenoxy) is 2. The Kier molecular flexibility index (Phi) is 6.06. The van der Waals surface area contributed by atoms with Crippen molar-refractivity contribution < 1.29 is 14.3 Å². The highest BCUT2D eigenvalue weighted by molar-refractivity contribution is 5.73. The van der Waals surface area contributed by atoms with Crippen LogP contribution in [-0.4, -0.2) is 38.1 Å². The lowest BCUT2D eigenvalue weighted by Crippen LogP contribution is -2.41. The number of nitrogens with one attached hydrogen (secondary N) is 2. The Labute approximate surface area is 127 Å². The normalized spacial score (nSPS) is 25.5. The Bertz CT molecular complexity index is 365. The summed E-state index contributed by atoms with van der Waals surface area (Å²) >= 11 is 0. The van der Waals surface area contributed by atoms with Crippen LogP contribution >= 0.6 is 0 Å². The van der Waals surface area contributed by atoms with Crippen molar-refractivity contribution in [3.8, 4) is 0 Å².